The van der Waals surface area contributed by atoms with Gasteiger partial charge in [-0.25, -0.2) is 4.39 Å². The molecule has 0 saturated carbocycles. The summed E-state index contributed by atoms with van der Waals surface area (Å²) in [6, 6.07) is 11.3. The van der Waals surface area contributed by atoms with E-state index in [0.29, 0.717) is 5.69 Å². The van der Waals surface area contributed by atoms with Crippen molar-refractivity contribution in [1.82, 2.24) is 5.01 Å². The molecule has 0 saturated heterocycles. The van der Waals surface area contributed by atoms with Crippen LogP contribution in [-0.2, 0) is 0 Å². The molecule has 2 amide bonds. The Balaban J connectivity index is 1.99. The number of nitrogens with zero attached hydrogens (tertiary/aromatic N) is 1. The largest absolute Gasteiger partial charge is 0.288 e. The highest BCUT2D eigenvalue weighted by Gasteiger charge is 2.38. The number of fused-ring (bicyclic) bond motifs is 1. The van der Waals surface area contributed by atoms with Crippen LogP contribution in [0.1, 0.15) is 26.3 Å². The summed E-state index contributed by atoms with van der Waals surface area (Å²) in [4.78, 5) is 24.3. The molecule has 0 spiro atoms. The molecule has 20 heavy (non-hydrogen) atoms. The van der Waals surface area contributed by atoms with Crippen molar-refractivity contribution in [2.75, 3.05) is 5.43 Å². The van der Waals surface area contributed by atoms with E-state index in [1.54, 1.807) is 12.1 Å². The summed E-state index contributed by atoms with van der Waals surface area (Å²) in [5.41, 5.74) is 4.15. The first-order chi connectivity index (χ1) is 9.59. The summed E-state index contributed by atoms with van der Waals surface area (Å²) < 4.78 is 13.7. The van der Waals surface area contributed by atoms with Crippen LogP contribution < -0.4 is 5.43 Å². The van der Waals surface area contributed by atoms with Crippen molar-refractivity contribution in [3.63, 3.8) is 0 Å². The van der Waals surface area contributed by atoms with Gasteiger partial charge in [-0.1, -0.05) is 24.3 Å². The Hall–Kier alpha value is -2.69. The number of halogens is 1. The van der Waals surface area contributed by atoms with Crippen LogP contribution in [0.3, 0.4) is 0 Å². The van der Waals surface area contributed by atoms with E-state index >= 15 is 0 Å². The molecular weight excluding hydrogens is 259 g/mol. The molecule has 0 aromatic heterocycles. The van der Waals surface area contributed by atoms with Gasteiger partial charge in [0, 0.05) is 0 Å². The minimum Gasteiger partial charge on any atom is -0.288 e. The predicted molar refractivity (Wildman–Crippen MR) is 71.7 cm³/mol. The Morgan fingerprint density at radius 2 is 1.75 bits per heavy atom. The van der Waals surface area contributed by atoms with E-state index in [1.807, 2.05) is 19.1 Å². The second-order valence-electron chi connectivity index (χ2n) is 4.53. The molecule has 1 aliphatic heterocycles. The zero-order chi connectivity index (χ0) is 14.3. The molecule has 0 atom stereocenters. The smallest absolute Gasteiger partial charge is 0.283 e. The molecule has 0 bridgehead atoms. The lowest BCUT2D eigenvalue weighted by Crippen LogP contribution is -2.35. The Labute approximate surface area is 114 Å². The summed E-state index contributed by atoms with van der Waals surface area (Å²) in [6.45, 7) is 1.85. The number of hydrogen-bond donors (Lipinski definition) is 1. The third-order valence-corrected chi connectivity index (χ3v) is 3.24. The van der Waals surface area contributed by atoms with Crippen LogP contribution in [0.5, 0.6) is 0 Å². The number of imide groups is 1. The Morgan fingerprint density at radius 3 is 2.45 bits per heavy atom. The van der Waals surface area contributed by atoms with E-state index in [9.17, 15) is 14.0 Å². The highest BCUT2D eigenvalue weighted by Crippen LogP contribution is 2.26. The van der Waals surface area contributed by atoms with Crippen LogP contribution in [0.15, 0.2) is 42.5 Å². The van der Waals surface area contributed by atoms with Crippen LogP contribution in [0.25, 0.3) is 0 Å². The number of nitrogens with one attached hydrogen (secondary N) is 1. The van der Waals surface area contributed by atoms with E-state index < -0.39 is 17.6 Å². The van der Waals surface area contributed by atoms with Crippen molar-refractivity contribution in [3.8, 4) is 0 Å². The topological polar surface area (TPSA) is 49.4 Å². The van der Waals surface area contributed by atoms with Gasteiger partial charge in [0.05, 0.1) is 16.8 Å². The maximum absolute atomic E-state index is 13.7. The first kappa shape index (κ1) is 12.3. The average molecular weight is 270 g/mol. The first-order valence-corrected chi connectivity index (χ1v) is 6.09. The van der Waals surface area contributed by atoms with Gasteiger partial charge in [0.1, 0.15) is 5.82 Å². The van der Waals surface area contributed by atoms with Crippen molar-refractivity contribution >= 4 is 17.5 Å². The fourth-order valence-electron chi connectivity index (χ4n) is 2.16. The number of carbonyl (C=O) groups is 2. The van der Waals surface area contributed by atoms with E-state index in [-0.39, 0.29) is 11.1 Å². The maximum atomic E-state index is 13.7. The molecule has 0 aliphatic carbocycles. The van der Waals surface area contributed by atoms with Crippen molar-refractivity contribution in [2.45, 2.75) is 6.92 Å². The fourth-order valence-corrected chi connectivity index (χ4v) is 2.16. The molecule has 100 valence electrons. The molecule has 0 fully saturated rings. The number of rotatable bonds is 2. The number of carbonyl (C=O) groups excluding carboxylic acids is 2. The van der Waals surface area contributed by atoms with E-state index in [2.05, 4.69) is 5.43 Å². The van der Waals surface area contributed by atoms with E-state index in [4.69, 9.17) is 0 Å². The number of hydrazine groups is 1. The SMILES string of the molecule is Cc1ccccc1NN1C(=O)c2cccc(F)c2C1=O. The van der Waals surface area contributed by atoms with Crippen LogP contribution in [0.2, 0.25) is 0 Å². The quantitative estimate of drug-likeness (QED) is 0.854. The lowest BCUT2D eigenvalue weighted by Gasteiger charge is -2.17. The molecule has 0 radical (unpaired) electrons. The summed E-state index contributed by atoms with van der Waals surface area (Å²) in [5, 5.41) is 0.843. The van der Waals surface area contributed by atoms with Gasteiger partial charge in [-0.2, -0.15) is 5.01 Å². The number of aryl methyl sites for hydroxylation is 1. The van der Waals surface area contributed by atoms with Crippen LogP contribution in [-0.4, -0.2) is 16.8 Å². The highest BCUT2D eigenvalue weighted by atomic mass is 19.1. The molecule has 1 N–H and O–H groups in total. The predicted octanol–water partition coefficient (Wildman–Crippen LogP) is 2.76. The van der Waals surface area contributed by atoms with Gasteiger partial charge in [-0.3, -0.25) is 15.0 Å². The zero-order valence-corrected chi connectivity index (χ0v) is 10.7. The van der Waals surface area contributed by atoms with Crippen LogP contribution in [0.4, 0.5) is 10.1 Å². The van der Waals surface area contributed by atoms with Crippen LogP contribution in [0, 0.1) is 12.7 Å². The van der Waals surface area contributed by atoms with Gasteiger partial charge < -0.3 is 0 Å². The summed E-state index contributed by atoms with van der Waals surface area (Å²) in [6.07, 6.45) is 0. The van der Waals surface area contributed by atoms with Gasteiger partial charge in [-0.15, -0.1) is 0 Å². The molecule has 1 aliphatic rings. The third-order valence-electron chi connectivity index (χ3n) is 3.24. The summed E-state index contributed by atoms with van der Waals surface area (Å²) >= 11 is 0. The maximum Gasteiger partial charge on any atom is 0.283 e. The molecule has 2 aromatic carbocycles. The average Bonchev–Trinajstić information content (AvgIpc) is 2.67. The number of anilines is 1. The van der Waals surface area contributed by atoms with Crippen molar-refractivity contribution in [3.05, 3.63) is 65.0 Å². The number of benzene rings is 2. The van der Waals surface area contributed by atoms with Crippen LogP contribution >= 0.6 is 0 Å². The molecule has 0 unspecified atom stereocenters. The molecule has 5 heteroatoms. The van der Waals surface area contributed by atoms with Crippen molar-refractivity contribution in [1.29, 1.82) is 0 Å². The summed E-state index contributed by atoms with van der Waals surface area (Å²) in [5.74, 6) is -1.91. The van der Waals surface area contributed by atoms with Gasteiger partial charge >= 0.3 is 0 Å². The standard InChI is InChI=1S/C15H11FN2O2/c1-9-5-2-3-8-12(9)17-18-14(19)10-6-4-7-11(16)13(10)15(18)20/h2-8,17H,1H3. The molecule has 1 heterocycles. The molecule has 3 rings (SSSR count). The summed E-state index contributed by atoms with van der Waals surface area (Å²) in [7, 11) is 0. The van der Waals surface area contributed by atoms with Crippen molar-refractivity contribution < 1.29 is 14.0 Å². The second kappa shape index (κ2) is 4.45. The van der Waals surface area contributed by atoms with Gasteiger partial charge in [0.15, 0.2) is 0 Å². The Morgan fingerprint density at radius 1 is 1.00 bits per heavy atom. The normalized spacial score (nSPS) is 13.6. The van der Waals surface area contributed by atoms with Gasteiger partial charge in [-0.05, 0) is 30.7 Å². The monoisotopic (exact) mass is 270 g/mol. The van der Waals surface area contributed by atoms with Crippen molar-refractivity contribution in [2.24, 2.45) is 0 Å². The van der Waals surface area contributed by atoms with E-state index in [1.165, 1.54) is 18.2 Å². The Kier molecular flexibility index (Phi) is 2.75. The minimum atomic E-state index is -0.685. The molecule has 4 nitrogen and oxygen atoms in total. The van der Waals surface area contributed by atoms with Gasteiger partial charge in [0.2, 0.25) is 0 Å². The zero-order valence-electron chi connectivity index (χ0n) is 10.7. The lowest BCUT2D eigenvalue weighted by molar-refractivity contribution is 0.0690. The minimum absolute atomic E-state index is 0.0797. The number of amides is 2. The van der Waals surface area contributed by atoms with Gasteiger partial charge in [0.25, 0.3) is 11.8 Å². The third kappa shape index (κ3) is 1.75. The number of hydrogen-bond acceptors (Lipinski definition) is 3. The fraction of sp³-hybridized carbons (Fsp3) is 0.0667. The highest BCUT2D eigenvalue weighted by molar-refractivity contribution is 6.22. The Bertz CT molecular complexity index is 728. The first-order valence-electron chi connectivity index (χ1n) is 6.09. The molecular formula is C15H11FN2O2. The van der Waals surface area contributed by atoms with E-state index in [0.717, 1.165) is 10.6 Å². The molecule has 2 aromatic rings. The second-order valence-corrected chi connectivity index (χ2v) is 4.53. The lowest BCUT2D eigenvalue weighted by atomic mass is 10.1. The number of para-hydroxylation sites is 1.